The van der Waals surface area contributed by atoms with E-state index < -0.39 is 11.7 Å². The number of fused-ring (bicyclic) bond motifs is 1. The number of oxazole rings is 1. The zero-order chi connectivity index (χ0) is 25.4. The van der Waals surface area contributed by atoms with Gasteiger partial charge in [-0.05, 0) is 60.4 Å². The molecule has 0 fully saturated rings. The van der Waals surface area contributed by atoms with Crippen molar-refractivity contribution in [2.75, 3.05) is 6.54 Å². The molecule has 1 aliphatic rings. The van der Waals surface area contributed by atoms with Crippen LogP contribution in [0.3, 0.4) is 0 Å². The van der Waals surface area contributed by atoms with E-state index in [0.717, 1.165) is 29.7 Å². The Hall–Kier alpha value is -3.58. The molecule has 4 nitrogen and oxygen atoms in total. The molecule has 0 spiro atoms. The Morgan fingerprint density at radius 1 is 1.08 bits per heavy atom. The molecule has 1 aliphatic heterocycles. The van der Waals surface area contributed by atoms with Crippen molar-refractivity contribution in [1.29, 1.82) is 0 Å². The minimum atomic E-state index is -4.47. The van der Waals surface area contributed by atoms with Crippen molar-refractivity contribution in [2.24, 2.45) is 0 Å². The smallest absolute Gasteiger partial charge is 0.416 e. The summed E-state index contributed by atoms with van der Waals surface area (Å²) in [5.41, 5.74) is 3.01. The Bertz CT molecular complexity index is 1410. The molecule has 3 aromatic carbocycles. The van der Waals surface area contributed by atoms with Gasteiger partial charge in [-0.2, -0.15) is 13.2 Å². The van der Waals surface area contributed by atoms with Crippen molar-refractivity contribution < 1.29 is 22.4 Å². The van der Waals surface area contributed by atoms with Crippen LogP contribution in [-0.2, 0) is 23.8 Å². The summed E-state index contributed by atoms with van der Waals surface area (Å²) in [5.74, 6) is 0.312. The maximum absolute atomic E-state index is 13.6. The summed E-state index contributed by atoms with van der Waals surface area (Å²) < 4.78 is 45.1. The molecule has 0 saturated heterocycles. The van der Waals surface area contributed by atoms with Crippen molar-refractivity contribution in [1.82, 2.24) is 9.88 Å². The summed E-state index contributed by atoms with van der Waals surface area (Å²) in [7, 11) is 0. The number of hydrogen-bond donors (Lipinski definition) is 0. The fourth-order valence-electron chi connectivity index (χ4n) is 4.63. The molecule has 1 amide bonds. The van der Waals surface area contributed by atoms with Crippen LogP contribution in [0.25, 0.3) is 11.5 Å². The molecule has 5 rings (SSSR count). The van der Waals surface area contributed by atoms with Gasteiger partial charge in [-0.15, -0.1) is 0 Å². The second kappa shape index (κ2) is 9.47. The SMILES string of the molecule is Cc1oc(-c2cccc(C(F)(F)F)c2)nc1CC(=O)N1CCc2ccccc2C1c1ccc(Cl)cc1. The lowest BCUT2D eigenvalue weighted by atomic mass is 9.88. The van der Waals surface area contributed by atoms with Gasteiger partial charge >= 0.3 is 6.18 Å². The Balaban J connectivity index is 1.44. The van der Waals surface area contributed by atoms with Gasteiger partial charge in [-0.25, -0.2) is 4.98 Å². The second-order valence-corrected chi connectivity index (χ2v) is 9.20. The van der Waals surface area contributed by atoms with Gasteiger partial charge in [-0.1, -0.05) is 54.1 Å². The molecule has 1 atom stereocenters. The quantitative estimate of drug-likeness (QED) is 0.296. The lowest BCUT2D eigenvalue weighted by Crippen LogP contribution is -2.41. The Morgan fingerprint density at radius 2 is 1.83 bits per heavy atom. The van der Waals surface area contributed by atoms with Gasteiger partial charge in [0.25, 0.3) is 0 Å². The van der Waals surface area contributed by atoms with Crippen LogP contribution in [0.15, 0.2) is 77.2 Å². The van der Waals surface area contributed by atoms with Crippen molar-refractivity contribution in [2.45, 2.75) is 32.0 Å². The van der Waals surface area contributed by atoms with Crippen LogP contribution < -0.4 is 0 Å². The standard InChI is InChI=1S/C28H22ClF3N2O2/c1-17-24(33-27(36-17)20-6-4-7-21(15-20)28(30,31)32)16-25(35)34-14-13-18-5-2-3-8-23(18)26(34)19-9-11-22(29)12-10-19/h2-12,15,26H,13-14,16H2,1H3. The first-order valence-electron chi connectivity index (χ1n) is 11.5. The predicted octanol–water partition coefficient (Wildman–Crippen LogP) is 7.04. The van der Waals surface area contributed by atoms with Gasteiger partial charge in [0, 0.05) is 17.1 Å². The number of nitrogens with zero attached hydrogens (tertiary/aromatic N) is 2. The number of aryl methyl sites for hydroxylation is 1. The Labute approximate surface area is 211 Å². The largest absolute Gasteiger partial charge is 0.441 e. The third-order valence-corrected chi connectivity index (χ3v) is 6.69. The number of aromatic nitrogens is 1. The molecular formula is C28H22ClF3N2O2. The normalized spacial score (nSPS) is 15.6. The molecule has 4 aromatic rings. The highest BCUT2D eigenvalue weighted by Gasteiger charge is 2.33. The van der Waals surface area contributed by atoms with Crippen LogP contribution in [0.1, 0.15) is 39.7 Å². The summed E-state index contributed by atoms with van der Waals surface area (Å²) in [5, 5.41) is 0.612. The number of halogens is 4. The zero-order valence-electron chi connectivity index (χ0n) is 19.3. The molecular weight excluding hydrogens is 489 g/mol. The summed E-state index contributed by atoms with van der Waals surface area (Å²) >= 11 is 6.10. The fraction of sp³-hybridized carbons (Fsp3) is 0.214. The van der Waals surface area contributed by atoms with Crippen LogP contribution in [0.4, 0.5) is 13.2 Å². The van der Waals surface area contributed by atoms with Crippen LogP contribution in [0, 0.1) is 6.92 Å². The minimum absolute atomic E-state index is 0.0272. The second-order valence-electron chi connectivity index (χ2n) is 8.77. The molecule has 1 aromatic heterocycles. The van der Waals surface area contributed by atoms with Gasteiger partial charge in [0.1, 0.15) is 5.76 Å². The van der Waals surface area contributed by atoms with Crippen molar-refractivity contribution in [3.05, 3.63) is 112 Å². The highest BCUT2D eigenvalue weighted by Crippen LogP contribution is 2.37. The van der Waals surface area contributed by atoms with Gasteiger partial charge < -0.3 is 9.32 Å². The maximum atomic E-state index is 13.6. The lowest BCUT2D eigenvalue weighted by Gasteiger charge is -2.38. The van der Waals surface area contributed by atoms with E-state index in [1.54, 1.807) is 19.1 Å². The molecule has 0 radical (unpaired) electrons. The van der Waals surface area contributed by atoms with Gasteiger partial charge in [0.15, 0.2) is 0 Å². The molecule has 1 unspecified atom stereocenters. The Morgan fingerprint density at radius 3 is 2.58 bits per heavy atom. The zero-order valence-corrected chi connectivity index (χ0v) is 20.1. The van der Waals surface area contributed by atoms with Crippen LogP contribution in [0.5, 0.6) is 0 Å². The molecule has 0 saturated carbocycles. The van der Waals surface area contributed by atoms with Gasteiger partial charge in [-0.3, -0.25) is 4.79 Å². The summed E-state index contributed by atoms with van der Waals surface area (Å²) in [6, 6.07) is 20.0. The number of benzene rings is 3. The summed E-state index contributed by atoms with van der Waals surface area (Å²) in [6.07, 6.45) is -3.78. The molecule has 0 aliphatic carbocycles. The van der Waals surface area contributed by atoms with E-state index in [-0.39, 0.29) is 29.8 Å². The van der Waals surface area contributed by atoms with Crippen molar-refractivity contribution in [3.63, 3.8) is 0 Å². The third-order valence-electron chi connectivity index (χ3n) is 6.44. The van der Waals surface area contributed by atoms with E-state index in [0.29, 0.717) is 23.0 Å². The molecule has 0 bridgehead atoms. The molecule has 8 heteroatoms. The predicted molar refractivity (Wildman–Crippen MR) is 131 cm³/mol. The maximum Gasteiger partial charge on any atom is 0.416 e. The number of carbonyl (C=O) groups is 1. The molecule has 2 heterocycles. The molecule has 184 valence electrons. The minimum Gasteiger partial charge on any atom is -0.441 e. The number of alkyl halides is 3. The van der Waals surface area contributed by atoms with Crippen LogP contribution in [-0.4, -0.2) is 22.3 Å². The van der Waals surface area contributed by atoms with E-state index in [4.69, 9.17) is 16.0 Å². The summed E-state index contributed by atoms with van der Waals surface area (Å²) in [6.45, 7) is 2.19. The van der Waals surface area contributed by atoms with E-state index in [1.165, 1.54) is 17.7 Å². The number of carbonyl (C=O) groups excluding carboxylic acids is 1. The van der Waals surface area contributed by atoms with E-state index in [2.05, 4.69) is 11.1 Å². The number of amides is 1. The fourth-order valence-corrected chi connectivity index (χ4v) is 4.75. The lowest BCUT2D eigenvalue weighted by molar-refractivity contribution is -0.137. The van der Waals surface area contributed by atoms with E-state index >= 15 is 0 Å². The number of hydrogen-bond acceptors (Lipinski definition) is 3. The van der Waals surface area contributed by atoms with E-state index in [9.17, 15) is 18.0 Å². The van der Waals surface area contributed by atoms with Crippen molar-refractivity contribution in [3.8, 4) is 11.5 Å². The average Bonchev–Trinajstić information content (AvgIpc) is 3.23. The highest BCUT2D eigenvalue weighted by molar-refractivity contribution is 6.30. The van der Waals surface area contributed by atoms with Gasteiger partial charge in [0.05, 0.1) is 23.7 Å². The number of rotatable bonds is 4. The average molecular weight is 511 g/mol. The van der Waals surface area contributed by atoms with Crippen molar-refractivity contribution >= 4 is 17.5 Å². The first-order chi connectivity index (χ1) is 17.2. The molecule has 0 N–H and O–H groups in total. The van der Waals surface area contributed by atoms with Gasteiger partial charge in [0.2, 0.25) is 11.8 Å². The van der Waals surface area contributed by atoms with Crippen LogP contribution in [0.2, 0.25) is 5.02 Å². The third kappa shape index (κ3) is 4.75. The summed E-state index contributed by atoms with van der Waals surface area (Å²) in [4.78, 5) is 19.8. The molecule has 36 heavy (non-hydrogen) atoms. The topological polar surface area (TPSA) is 46.3 Å². The monoisotopic (exact) mass is 510 g/mol. The Kier molecular flexibility index (Phi) is 6.35. The highest BCUT2D eigenvalue weighted by atomic mass is 35.5. The first kappa shape index (κ1) is 24.1. The first-order valence-corrected chi connectivity index (χ1v) is 11.8. The van der Waals surface area contributed by atoms with E-state index in [1.807, 2.05) is 35.2 Å². The van der Waals surface area contributed by atoms with Crippen LogP contribution >= 0.6 is 11.6 Å².